The Labute approximate surface area is 186 Å². The maximum Gasteiger partial charge on any atom is 0.391 e. The minimum absolute atomic E-state index is 0.0607. The van der Waals surface area contributed by atoms with Crippen LogP contribution in [0.2, 0.25) is 0 Å². The van der Waals surface area contributed by atoms with Crippen LogP contribution in [0.15, 0.2) is 54.7 Å². The number of rotatable bonds is 5. The molecule has 2 aromatic carbocycles. The van der Waals surface area contributed by atoms with Crippen molar-refractivity contribution in [2.45, 2.75) is 44.2 Å². The number of phenols is 2. The Morgan fingerprint density at radius 3 is 2.28 bits per heavy atom. The summed E-state index contributed by atoms with van der Waals surface area (Å²) in [7, 11) is 0. The molecule has 0 radical (unpaired) electrons. The largest absolute Gasteiger partial charge is 0.508 e. The third-order valence-electron chi connectivity index (χ3n) is 6.43. The molecular weight excluding hydrogens is 406 g/mol. The van der Waals surface area contributed by atoms with Crippen LogP contribution in [0.5, 0.6) is 11.5 Å². The first-order valence-electron chi connectivity index (χ1n) is 11.0. The average Bonchev–Trinajstić information content (AvgIpc) is 3.37. The number of aromatic nitrogens is 2. The molecule has 3 aromatic rings. The van der Waals surface area contributed by atoms with E-state index in [9.17, 15) is 20.1 Å². The van der Waals surface area contributed by atoms with Crippen molar-refractivity contribution in [1.82, 2.24) is 4.98 Å². The van der Waals surface area contributed by atoms with Crippen molar-refractivity contribution in [3.63, 3.8) is 0 Å². The normalized spacial score (nSPS) is 20.3. The SMILES string of the molecule is O=C1[n+]2cc(-c3ccc(O)cc3)nc(CC3CCCC3)c2N[C@]1(O)Cc1ccc(O)cc1. The fourth-order valence-electron chi connectivity index (χ4n) is 4.72. The van der Waals surface area contributed by atoms with E-state index in [4.69, 9.17) is 4.98 Å². The van der Waals surface area contributed by atoms with Crippen LogP contribution in [0.1, 0.15) is 41.7 Å². The van der Waals surface area contributed by atoms with Crippen molar-refractivity contribution in [2.24, 2.45) is 5.92 Å². The molecule has 1 atom stereocenters. The molecular formula is C25H26N3O4+. The van der Waals surface area contributed by atoms with Crippen LogP contribution in [-0.2, 0) is 12.8 Å². The molecule has 7 nitrogen and oxygen atoms in total. The molecule has 0 saturated heterocycles. The van der Waals surface area contributed by atoms with Crippen molar-refractivity contribution < 1.29 is 24.7 Å². The number of hydrogen-bond acceptors (Lipinski definition) is 6. The molecule has 32 heavy (non-hydrogen) atoms. The highest BCUT2D eigenvalue weighted by Crippen LogP contribution is 2.33. The van der Waals surface area contributed by atoms with Gasteiger partial charge in [0.15, 0.2) is 0 Å². The molecule has 1 aromatic heterocycles. The first kappa shape index (κ1) is 20.5. The van der Waals surface area contributed by atoms with Crippen molar-refractivity contribution in [3.8, 4) is 22.8 Å². The highest BCUT2D eigenvalue weighted by atomic mass is 16.3. The van der Waals surface area contributed by atoms with E-state index in [2.05, 4.69) is 5.32 Å². The lowest BCUT2D eigenvalue weighted by atomic mass is 10.0. The molecule has 2 heterocycles. The first-order chi connectivity index (χ1) is 15.4. The summed E-state index contributed by atoms with van der Waals surface area (Å²) in [4.78, 5) is 18.2. The van der Waals surface area contributed by atoms with Crippen LogP contribution in [0, 0.1) is 5.92 Å². The molecule has 1 aliphatic heterocycles. The van der Waals surface area contributed by atoms with Crippen LogP contribution in [-0.4, -0.2) is 31.9 Å². The second-order valence-electron chi connectivity index (χ2n) is 8.83. The predicted molar refractivity (Wildman–Crippen MR) is 118 cm³/mol. The zero-order valence-electron chi connectivity index (χ0n) is 17.7. The molecule has 0 unspecified atom stereocenters. The number of aromatic hydroxyl groups is 2. The third-order valence-corrected chi connectivity index (χ3v) is 6.43. The van der Waals surface area contributed by atoms with Gasteiger partial charge in [-0.25, -0.2) is 15.1 Å². The van der Waals surface area contributed by atoms with Gasteiger partial charge < -0.3 is 15.3 Å². The number of phenolic OH excluding ortho intramolecular Hbond substituents is 2. The zero-order chi connectivity index (χ0) is 22.3. The van der Waals surface area contributed by atoms with Gasteiger partial charge in [-0.2, -0.15) is 4.57 Å². The topological polar surface area (TPSA) is 107 Å². The van der Waals surface area contributed by atoms with E-state index in [-0.39, 0.29) is 17.9 Å². The quantitative estimate of drug-likeness (QED) is 0.462. The van der Waals surface area contributed by atoms with Crippen LogP contribution in [0.25, 0.3) is 11.3 Å². The Bertz CT molecular complexity index is 1160. The highest BCUT2D eigenvalue weighted by Gasteiger charge is 2.54. The van der Waals surface area contributed by atoms with Gasteiger partial charge in [-0.1, -0.05) is 37.8 Å². The Kier molecular flexibility index (Phi) is 5.06. The average molecular weight is 433 g/mol. The fraction of sp³-hybridized carbons (Fsp3) is 0.320. The van der Waals surface area contributed by atoms with Gasteiger partial charge in [-0.05, 0) is 47.9 Å². The molecule has 4 N–H and O–H groups in total. The summed E-state index contributed by atoms with van der Waals surface area (Å²) < 4.78 is 1.47. The molecule has 0 spiro atoms. The number of carbonyl (C=O) groups is 1. The Morgan fingerprint density at radius 1 is 1.00 bits per heavy atom. The first-order valence-corrected chi connectivity index (χ1v) is 11.0. The van der Waals surface area contributed by atoms with E-state index < -0.39 is 11.6 Å². The minimum Gasteiger partial charge on any atom is -0.508 e. The second-order valence-corrected chi connectivity index (χ2v) is 8.83. The summed E-state index contributed by atoms with van der Waals surface area (Å²) in [5, 5.41) is 33.5. The number of hydrogen-bond donors (Lipinski definition) is 4. The number of nitrogens with zero attached hydrogens (tertiary/aromatic N) is 2. The van der Waals surface area contributed by atoms with Crippen molar-refractivity contribution >= 4 is 11.7 Å². The van der Waals surface area contributed by atoms with Gasteiger partial charge in [0.05, 0.1) is 6.42 Å². The Balaban J connectivity index is 1.54. The molecule has 7 heteroatoms. The molecule has 1 aliphatic carbocycles. The molecule has 5 rings (SSSR count). The van der Waals surface area contributed by atoms with Crippen molar-refractivity contribution in [1.29, 1.82) is 0 Å². The maximum atomic E-state index is 13.4. The Morgan fingerprint density at radius 2 is 1.62 bits per heavy atom. The summed E-state index contributed by atoms with van der Waals surface area (Å²) in [6, 6.07) is 13.2. The van der Waals surface area contributed by atoms with E-state index in [1.165, 1.54) is 29.5 Å². The maximum absolute atomic E-state index is 13.4. The third kappa shape index (κ3) is 3.80. The summed E-state index contributed by atoms with van der Waals surface area (Å²) >= 11 is 0. The van der Waals surface area contributed by atoms with Crippen LogP contribution in [0.3, 0.4) is 0 Å². The molecule has 1 saturated carbocycles. The molecule has 2 aliphatic rings. The van der Waals surface area contributed by atoms with Crippen molar-refractivity contribution in [3.05, 3.63) is 66.0 Å². The summed E-state index contributed by atoms with van der Waals surface area (Å²) in [6.07, 6.45) is 7.11. The number of fused-ring (bicyclic) bond motifs is 1. The monoisotopic (exact) mass is 432 g/mol. The number of anilines is 1. The lowest BCUT2D eigenvalue weighted by molar-refractivity contribution is -0.556. The van der Waals surface area contributed by atoms with E-state index in [0.29, 0.717) is 17.4 Å². The van der Waals surface area contributed by atoms with Crippen LogP contribution < -0.4 is 9.88 Å². The fourth-order valence-corrected chi connectivity index (χ4v) is 4.72. The standard InChI is InChI=1S/C25H25N3O4/c29-19-9-5-17(6-10-19)14-25(32)24(31)28-15-22(18-7-11-20(30)12-8-18)26-21(23(28)27-25)13-16-3-1-2-4-16/h5-12,15-16,29-30,32H,1-4,13-14H2/p+1/t25-/m0/s1. The number of carbonyl (C=O) groups excluding carboxylic acids is 1. The minimum atomic E-state index is -1.80. The highest BCUT2D eigenvalue weighted by molar-refractivity contribution is 5.85. The number of aliphatic hydroxyl groups is 1. The van der Waals surface area contributed by atoms with Gasteiger partial charge in [0.1, 0.15) is 29.1 Å². The van der Waals surface area contributed by atoms with Gasteiger partial charge in [0.2, 0.25) is 0 Å². The van der Waals surface area contributed by atoms with Gasteiger partial charge in [0.25, 0.3) is 0 Å². The summed E-state index contributed by atoms with van der Waals surface area (Å²) in [5.74, 6) is 0.867. The second kappa shape index (κ2) is 7.91. The summed E-state index contributed by atoms with van der Waals surface area (Å²) in [5.41, 5.74) is 1.09. The number of benzene rings is 2. The van der Waals surface area contributed by atoms with E-state index in [0.717, 1.165) is 36.1 Å². The van der Waals surface area contributed by atoms with Crippen LogP contribution in [0.4, 0.5) is 5.82 Å². The molecule has 0 amide bonds. The molecule has 1 fully saturated rings. The lowest BCUT2D eigenvalue weighted by Gasteiger charge is -2.14. The van der Waals surface area contributed by atoms with Crippen LogP contribution >= 0.6 is 0 Å². The molecule has 164 valence electrons. The Hall–Kier alpha value is -3.45. The lowest BCUT2D eigenvalue weighted by Crippen LogP contribution is -2.52. The van der Waals surface area contributed by atoms with Gasteiger partial charge >= 0.3 is 17.5 Å². The van der Waals surface area contributed by atoms with E-state index in [1.54, 1.807) is 42.6 Å². The zero-order valence-corrected chi connectivity index (χ0v) is 17.7. The van der Waals surface area contributed by atoms with E-state index in [1.807, 2.05) is 0 Å². The summed E-state index contributed by atoms with van der Waals surface area (Å²) in [6.45, 7) is 0. The van der Waals surface area contributed by atoms with Gasteiger partial charge in [0, 0.05) is 12.0 Å². The van der Waals surface area contributed by atoms with Gasteiger partial charge in [-0.15, -0.1) is 0 Å². The predicted octanol–water partition coefficient (Wildman–Crippen LogP) is 3.18. The van der Waals surface area contributed by atoms with Crippen molar-refractivity contribution in [2.75, 3.05) is 5.32 Å². The van der Waals surface area contributed by atoms with Gasteiger partial charge in [-0.3, -0.25) is 0 Å². The molecule has 0 bridgehead atoms. The number of nitrogens with one attached hydrogen (secondary N) is 1. The van der Waals surface area contributed by atoms with E-state index >= 15 is 0 Å². The smallest absolute Gasteiger partial charge is 0.391 e.